The van der Waals surface area contributed by atoms with Gasteiger partial charge in [-0.2, -0.15) is 18.3 Å². The lowest BCUT2D eigenvalue weighted by Gasteiger charge is -2.33. The molecule has 2 atom stereocenters. The maximum Gasteiger partial charge on any atom is 0.416 e. The molecule has 0 aliphatic carbocycles. The first-order valence-corrected chi connectivity index (χ1v) is 12.8. The summed E-state index contributed by atoms with van der Waals surface area (Å²) < 4.78 is 59.9. The standard InChI is InChI=1S/C26H26ClF4N7O2/c1-14-8-22(36-25(39)35-21-9-15(26(29,30)31)2-3-19(21)27)20(28)11-17(14)18-10-16(12-37-4-6-40-7-5-37)38-23(18)24(32)33-13-34-38/h2-3,8-11,13,18,23H,4-7,12H2,1H3,(H2,32,33,34)(H2,35,36,39). The van der Waals surface area contributed by atoms with Crippen molar-refractivity contribution in [3.8, 4) is 0 Å². The molecule has 2 aromatic carbocycles. The van der Waals surface area contributed by atoms with Crippen molar-refractivity contribution < 1.29 is 27.1 Å². The van der Waals surface area contributed by atoms with Crippen LogP contribution in [0.4, 0.5) is 33.7 Å². The number of hydrogen-bond acceptors (Lipinski definition) is 7. The number of fused-ring (bicyclic) bond motifs is 1. The highest BCUT2D eigenvalue weighted by atomic mass is 35.5. The number of urea groups is 1. The number of amidine groups is 1. The van der Waals surface area contributed by atoms with E-state index in [2.05, 4.69) is 25.6 Å². The fourth-order valence-electron chi connectivity index (χ4n) is 4.98. The van der Waals surface area contributed by atoms with Gasteiger partial charge in [0.25, 0.3) is 0 Å². The maximum absolute atomic E-state index is 15.3. The van der Waals surface area contributed by atoms with Crippen molar-refractivity contribution in [3.63, 3.8) is 0 Å². The molecule has 40 heavy (non-hydrogen) atoms. The van der Waals surface area contributed by atoms with Crippen molar-refractivity contribution in [1.82, 2.24) is 9.91 Å². The first-order chi connectivity index (χ1) is 19.0. The number of anilines is 2. The number of benzene rings is 2. The summed E-state index contributed by atoms with van der Waals surface area (Å²) in [4.78, 5) is 19.0. The first-order valence-electron chi connectivity index (χ1n) is 12.4. The summed E-state index contributed by atoms with van der Waals surface area (Å²) in [6, 6.07) is 3.90. The molecule has 212 valence electrons. The van der Waals surface area contributed by atoms with E-state index in [0.717, 1.165) is 30.9 Å². The predicted molar refractivity (Wildman–Crippen MR) is 144 cm³/mol. The Hall–Kier alpha value is -3.68. The van der Waals surface area contributed by atoms with Gasteiger partial charge in [-0.05, 0) is 48.4 Å². The van der Waals surface area contributed by atoms with Gasteiger partial charge in [-0.25, -0.2) is 14.2 Å². The molecule has 0 aromatic heterocycles. The molecule has 0 radical (unpaired) electrons. The van der Waals surface area contributed by atoms with E-state index in [9.17, 15) is 18.0 Å². The molecular weight excluding hydrogens is 554 g/mol. The molecule has 2 unspecified atom stereocenters. The number of amides is 2. The van der Waals surface area contributed by atoms with Gasteiger partial charge in [0.2, 0.25) is 0 Å². The fraction of sp³-hybridized carbons (Fsp3) is 0.346. The van der Waals surface area contributed by atoms with Crippen LogP contribution in [0.3, 0.4) is 0 Å². The van der Waals surface area contributed by atoms with Crippen LogP contribution in [-0.2, 0) is 10.9 Å². The number of carbonyl (C=O) groups excluding carboxylic acids is 1. The van der Waals surface area contributed by atoms with E-state index in [1.54, 1.807) is 11.9 Å². The Morgan fingerprint density at radius 2 is 1.90 bits per heavy atom. The number of morpholine rings is 1. The van der Waals surface area contributed by atoms with Crippen molar-refractivity contribution in [2.45, 2.75) is 25.1 Å². The normalized spacial score (nSPS) is 21.1. The van der Waals surface area contributed by atoms with Crippen molar-refractivity contribution in [1.29, 1.82) is 0 Å². The summed E-state index contributed by atoms with van der Waals surface area (Å²) in [7, 11) is 0. The zero-order valence-electron chi connectivity index (χ0n) is 21.3. The van der Waals surface area contributed by atoms with E-state index in [-0.39, 0.29) is 22.3 Å². The molecule has 3 aliphatic rings. The third-order valence-electron chi connectivity index (χ3n) is 6.95. The molecule has 5 rings (SSSR count). The second-order valence-electron chi connectivity index (χ2n) is 9.61. The molecule has 4 N–H and O–H groups in total. The number of aliphatic imine (C=N–C) groups is 1. The van der Waals surface area contributed by atoms with Crippen molar-refractivity contribution in [2.75, 3.05) is 43.5 Å². The van der Waals surface area contributed by atoms with E-state index >= 15 is 4.39 Å². The number of aryl methyl sites for hydroxylation is 1. The van der Waals surface area contributed by atoms with Crippen molar-refractivity contribution in [2.24, 2.45) is 15.8 Å². The van der Waals surface area contributed by atoms with Gasteiger partial charge in [-0.1, -0.05) is 17.7 Å². The predicted octanol–water partition coefficient (Wildman–Crippen LogP) is 4.75. The van der Waals surface area contributed by atoms with Gasteiger partial charge < -0.3 is 21.1 Å². The van der Waals surface area contributed by atoms with Crippen LogP contribution in [-0.4, -0.2) is 67.0 Å². The van der Waals surface area contributed by atoms with Crippen LogP contribution in [0.15, 0.2) is 52.2 Å². The zero-order valence-corrected chi connectivity index (χ0v) is 22.1. The highest BCUT2D eigenvalue weighted by Gasteiger charge is 2.41. The minimum absolute atomic E-state index is 0.102. The minimum atomic E-state index is -4.62. The van der Waals surface area contributed by atoms with Crippen LogP contribution in [0, 0.1) is 12.7 Å². The number of hydrazone groups is 1. The third kappa shape index (κ3) is 5.76. The molecule has 14 heteroatoms. The number of nitrogens with two attached hydrogens (primary N) is 1. The van der Waals surface area contributed by atoms with E-state index in [0.29, 0.717) is 42.8 Å². The summed E-state index contributed by atoms with van der Waals surface area (Å²) in [5.74, 6) is -0.756. The second-order valence-corrected chi connectivity index (χ2v) is 10.0. The molecule has 0 bridgehead atoms. The molecule has 0 spiro atoms. The second kappa shape index (κ2) is 11.1. The van der Waals surface area contributed by atoms with E-state index in [4.69, 9.17) is 22.1 Å². The van der Waals surface area contributed by atoms with Crippen LogP contribution in [0.2, 0.25) is 5.02 Å². The summed E-state index contributed by atoms with van der Waals surface area (Å²) in [5, 5.41) is 10.7. The highest BCUT2D eigenvalue weighted by molar-refractivity contribution is 6.33. The molecule has 2 aromatic rings. The lowest BCUT2D eigenvalue weighted by molar-refractivity contribution is -0.137. The Bertz CT molecular complexity index is 1410. The molecule has 9 nitrogen and oxygen atoms in total. The van der Waals surface area contributed by atoms with Crippen molar-refractivity contribution >= 4 is 41.2 Å². The number of hydrogen-bond donors (Lipinski definition) is 3. The molecule has 2 amide bonds. The van der Waals surface area contributed by atoms with E-state index in [1.165, 1.54) is 18.5 Å². The molecule has 1 fully saturated rings. The molecule has 3 heterocycles. The summed E-state index contributed by atoms with van der Waals surface area (Å²) in [6.45, 7) is 5.20. The summed E-state index contributed by atoms with van der Waals surface area (Å²) in [5.41, 5.74) is 7.05. The Labute approximate surface area is 232 Å². The van der Waals surface area contributed by atoms with Crippen LogP contribution in [0.5, 0.6) is 0 Å². The van der Waals surface area contributed by atoms with Crippen LogP contribution < -0.4 is 16.4 Å². The highest BCUT2D eigenvalue weighted by Crippen LogP contribution is 2.39. The number of halogens is 5. The Kier molecular flexibility index (Phi) is 7.71. The van der Waals surface area contributed by atoms with Gasteiger partial charge in [-0.3, -0.25) is 9.91 Å². The van der Waals surface area contributed by atoms with Gasteiger partial charge in [-0.15, -0.1) is 0 Å². The number of ether oxygens (including phenoxy) is 1. The average Bonchev–Trinajstić information content (AvgIpc) is 3.26. The number of alkyl halides is 3. The smallest absolute Gasteiger partial charge is 0.385 e. The quantitative estimate of drug-likeness (QED) is 0.443. The topological polar surface area (TPSA) is 108 Å². The maximum atomic E-state index is 15.3. The van der Waals surface area contributed by atoms with Crippen LogP contribution >= 0.6 is 11.6 Å². The lowest BCUT2D eigenvalue weighted by atomic mass is 9.88. The SMILES string of the molecule is Cc1cc(NC(=O)Nc2cc(C(F)(F)F)ccc2Cl)c(F)cc1C1C=C(CN2CCOCC2)N2N=CN=C(N)C12. The number of rotatable bonds is 5. The number of nitrogens with one attached hydrogen (secondary N) is 2. The monoisotopic (exact) mass is 579 g/mol. The van der Waals surface area contributed by atoms with Crippen LogP contribution in [0.25, 0.3) is 0 Å². The summed E-state index contributed by atoms with van der Waals surface area (Å²) >= 11 is 5.95. The van der Waals surface area contributed by atoms with Crippen molar-refractivity contribution in [3.05, 3.63) is 69.6 Å². The Balaban J connectivity index is 1.36. The van der Waals surface area contributed by atoms with Gasteiger partial charge in [0.1, 0.15) is 24.0 Å². The summed E-state index contributed by atoms with van der Waals surface area (Å²) in [6.07, 6.45) is -1.24. The molecular formula is C26H26ClF4N7O2. The first kappa shape index (κ1) is 27.9. The van der Waals surface area contributed by atoms with Gasteiger partial charge in [0.15, 0.2) is 0 Å². The Morgan fingerprint density at radius 1 is 1.18 bits per heavy atom. The molecule has 1 saturated heterocycles. The fourth-order valence-corrected chi connectivity index (χ4v) is 5.15. The lowest BCUT2D eigenvalue weighted by Crippen LogP contribution is -2.46. The van der Waals surface area contributed by atoms with E-state index in [1.807, 2.05) is 6.08 Å². The average molecular weight is 580 g/mol. The number of carbonyl (C=O) groups is 1. The minimum Gasteiger partial charge on any atom is -0.385 e. The van der Waals surface area contributed by atoms with Gasteiger partial charge in [0.05, 0.1) is 35.2 Å². The largest absolute Gasteiger partial charge is 0.416 e. The third-order valence-corrected chi connectivity index (χ3v) is 7.28. The van der Waals surface area contributed by atoms with Gasteiger partial charge in [0, 0.05) is 31.2 Å². The number of nitrogens with zero attached hydrogens (tertiary/aromatic N) is 4. The molecule has 3 aliphatic heterocycles. The zero-order chi connectivity index (χ0) is 28.6. The van der Waals surface area contributed by atoms with Crippen LogP contribution in [0.1, 0.15) is 22.6 Å². The van der Waals surface area contributed by atoms with E-state index < -0.39 is 29.6 Å². The Morgan fingerprint density at radius 3 is 2.62 bits per heavy atom. The molecule has 0 saturated carbocycles. The van der Waals surface area contributed by atoms with Gasteiger partial charge >= 0.3 is 12.2 Å².